The number of alkyl halides is 4. The summed E-state index contributed by atoms with van der Waals surface area (Å²) in [5.74, 6) is -5.56. The van der Waals surface area contributed by atoms with Crippen LogP contribution in [0, 0.1) is 5.92 Å². The van der Waals surface area contributed by atoms with Crippen molar-refractivity contribution in [1.29, 1.82) is 0 Å². The largest absolute Gasteiger partial charge is 0.382 e. The first kappa shape index (κ1) is 21.1. The predicted octanol–water partition coefficient (Wildman–Crippen LogP) is 3.10. The minimum absolute atomic E-state index is 0.0795. The van der Waals surface area contributed by atoms with Crippen LogP contribution in [0.5, 0.6) is 0 Å². The number of halogens is 4. The van der Waals surface area contributed by atoms with Crippen molar-refractivity contribution in [3.8, 4) is 0 Å². The molecular weight excluding hydrogens is 488 g/mol. The number of aromatic amines is 1. The van der Waals surface area contributed by atoms with E-state index in [0.29, 0.717) is 5.69 Å². The molecule has 0 aromatic carbocycles. The second kappa shape index (κ2) is 7.66. The number of carbonyl (C=O) groups is 1. The highest BCUT2D eigenvalue weighted by atomic mass is 127. The first-order valence-electron chi connectivity index (χ1n) is 8.91. The first-order valence-corrected chi connectivity index (χ1v) is 9.98. The summed E-state index contributed by atoms with van der Waals surface area (Å²) in [5, 5.41) is 10.3. The average Bonchev–Trinajstić information content (AvgIpc) is 2.82. The smallest absolute Gasteiger partial charge is 0.277 e. The average molecular weight is 508 g/mol. The molecule has 4 atom stereocenters. The van der Waals surface area contributed by atoms with E-state index in [4.69, 9.17) is 0 Å². The Labute approximate surface area is 173 Å². The number of fused-ring (bicyclic) bond motifs is 1. The Hall–Kier alpha value is -1.62. The number of aliphatic hydroxyl groups is 1. The molecule has 1 aromatic heterocycles. The van der Waals surface area contributed by atoms with E-state index in [1.165, 1.54) is 51.8 Å². The van der Waals surface area contributed by atoms with Crippen molar-refractivity contribution in [2.75, 3.05) is 0 Å². The van der Waals surface area contributed by atoms with E-state index in [1.807, 2.05) is 0 Å². The third kappa shape index (κ3) is 3.66. The second-order valence-electron chi connectivity index (χ2n) is 7.03. The van der Waals surface area contributed by atoms with E-state index in [-0.39, 0.29) is 24.1 Å². The van der Waals surface area contributed by atoms with E-state index in [1.54, 1.807) is 19.1 Å². The molecule has 28 heavy (non-hydrogen) atoms. The summed E-state index contributed by atoms with van der Waals surface area (Å²) in [6.45, 7) is 1.49. The van der Waals surface area contributed by atoms with Gasteiger partial charge in [-0.1, -0.05) is 37.6 Å². The molecule has 0 bridgehead atoms. The fraction of sp³-hybridized carbons (Fsp3) is 0.474. The third-order valence-corrected chi connectivity index (χ3v) is 6.20. The van der Waals surface area contributed by atoms with E-state index < -0.39 is 40.0 Å². The Morgan fingerprint density at radius 1 is 1.39 bits per heavy atom. The highest BCUT2D eigenvalue weighted by molar-refractivity contribution is 14.1. The molecule has 3 rings (SSSR count). The molecule has 1 aliphatic heterocycles. The summed E-state index contributed by atoms with van der Waals surface area (Å²) in [4.78, 5) is 28.0. The van der Waals surface area contributed by atoms with Crippen LogP contribution < -0.4 is 5.56 Å². The van der Waals surface area contributed by atoms with Crippen LogP contribution in [0.15, 0.2) is 46.8 Å². The Balaban J connectivity index is 1.95. The molecule has 4 unspecified atom stereocenters. The number of carbonyl (C=O) groups excluding carboxylic acids is 1. The van der Waals surface area contributed by atoms with Crippen LogP contribution in [0.2, 0.25) is 0 Å². The van der Waals surface area contributed by atoms with Gasteiger partial charge in [0.15, 0.2) is 0 Å². The van der Waals surface area contributed by atoms with Gasteiger partial charge in [-0.05, 0) is 34.2 Å². The van der Waals surface area contributed by atoms with Crippen molar-refractivity contribution in [2.45, 2.75) is 48.1 Å². The van der Waals surface area contributed by atoms with Crippen LogP contribution in [-0.4, -0.2) is 42.6 Å². The monoisotopic (exact) mass is 508 g/mol. The Morgan fingerprint density at radius 3 is 2.75 bits per heavy atom. The van der Waals surface area contributed by atoms with Crippen LogP contribution >= 0.6 is 22.6 Å². The van der Waals surface area contributed by atoms with E-state index in [2.05, 4.69) is 4.98 Å². The number of allylic oxidation sites excluding steroid dienone is 2. The molecule has 2 aliphatic rings. The maximum atomic E-state index is 15.4. The van der Waals surface area contributed by atoms with Crippen LogP contribution in [0.1, 0.15) is 25.5 Å². The lowest BCUT2D eigenvalue weighted by atomic mass is 9.81. The summed E-state index contributed by atoms with van der Waals surface area (Å²) >= 11 is 1.33. The van der Waals surface area contributed by atoms with Gasteiger partial charge in [-0.25, -0.2) is 13.2 Å². The van der Waals surface area contributed by atoms with Gasteiger partial charge in [-0.15, -0.1) is 0 Å². The fourth-order valence-corrected chi connectivity index (χ4v) is 4.82. The number of H-pyrrole nitrogens is 1. The van der Waals surface area contributed by atoms with Crippen LogP contribution in [0.3, 0.4) is 0 Å². The zero-order chi connectivity index (χ0) is 20.7. The van der Waals surface area contributed by atoms with Crippen molar-refractivity contribution in [3.05, 3.63) is 58.0 Å². The zero-order valence-electron chi connectivity index (χ0n) is 15.0. The van der Waals surface area contributed by atoms with Crippen LogP contribution in [0.4, 0.5) is 13.2 Å². The summed E-state index contributed by atoms with van der Waals surface area (Å²) in [6, 6.07) is 3.56. The number of aromatic nitrogens is 1. The van der Waals surface area contributed by atoms with Crippen LogP contribution in [0.25, 0.3) is 0 Å². The van der Waals surface area contributed by atoms with Crippen molar-refractivity contribution < 1.29 is 23.1 Å². The quantitative estimate of drug-likeness (QED) is 0.459. The van der Waals surface area contributed by atoms with Gasteiger partial charge < -0.3 is 15.0 Å². The van der Waals surface area contributed by atoms with Gasteiger partial charge in [0, 0.05) is 18.2 Å². The van der Waals surface area contributed by atoms with E-state index in [0.717, 1.165) is 0 Å². The van der Waals surface area contributed by atoms with Gasteiger partial charge in [-0.3, -0.25) is 9.59 Å². The molecule has 2 N–H and O–H groups in total. The number of hydrogen-bond donors (Lipinski definition) is 2. The Kier molecular flexibility index (Phi) is 5.77. The minimum atomic E-state index is -3.43. The van der Waals surface area contributed by atoms with E-state index in [9.17, 15) is 23.5 Å². The lowest BCUT2D eigenvalue weighted by molar-refractivity contribution is -0.134. The van der Waals surface area contributed by atoms with Crippen molar-refractivity contribution >= 4 is 28.5 Å². The lowest BCUT2D eigenvalue weighted by Gasteiger charge is -2.34. The molecule has 0 spiro atoms. The molecule has 0 saturated carbocycles. The molecule has 1 fully saturated rings. The van der Waals surface area contributed by atoms with Gasteiger partial charge >= 0.3 is 0 Å². The summed E-state index contributed by atoms with van der Waals surface area (Å²) in [7, 11) is 0. The molecule has 1 amide bonds. The Bertz CT molecular complexity index is 881. The van der Waals surface area contributed by atoms with Gasteiger partial charge in [0.05, 0.1) is 18.5 Å². The van der Waals surface area contributed by atoms with Crippen molar-refractivity contribution in [1.82, 2.24) is 9.88 Å². The Morgan fingerprint density at radius 2 is 2.11 bits per heavy atom. The maximum absolute atomic E-state index is 15.4. The number of amides is 1. The van der Waals surface area contributed by atoms with Crippen LogP contribution in [-0.2, 0) is 11.3 Å². The number of likely N-dealkylation sites (tertiary alicyclic amines) is 1. The van der Waals surface area contributed by atoms with Crippen molar-refractivity contribution in [2.24, 2.45) is 5.92 Å². The fourth-order valence-electron chi connectivity index (χ4n) is 3.78. The molecule has 0 radical (unpaired) electrons. The van der Waals surface area contributed by atoms with E-state index >= 15 is 4.39 Å². The number of pyridine rings is 1. The predicted molar refractivity (Wildman–Crippen MR) is 106 cm³/mol. The second-order valence-corrected chi connectivity index (χ2v) is 8.60. The molecule has 9 heteroatoms. The molecule has 2 heterocycles. The van der Waals surface area contributed by atoms with Crippen molar-refractivity contribution in [3.63, 3.8) is 0 Å². The molecular formula is C19H20F3IN2O3. The van der Waals surface area contributed by atoms with Gasteiger partial charge in [0.1, 0.15) is 6.10 Å². The van der Waals surface area contributed by atoms with Gasteiger partial charge in [0.25, 0.3) is 11.8 Å². The highest BCUT2D eigenvalue weighted by Gasteiger charge is 2.62. The summed E-state index contributed by atoms with van der Waals surface area (Å²) in [6.07, 6.45) is 1.70. The SMILES string of the molecule is CCCC(F)(F)C(O)C1=CC=CC2C1C(F)(I)C(=O)N2Cc1cccc(=O)[nH]1. The number of nitrogens with zero attached hydrogens (tertiary/aromatic N) is 1. The maximum Gasteiger partial charge on any atom is 0.277 e. The molecule has 5 nitrogen and oxygen atoms in total. The lowest BCUT2D eigenvalue weighted by Crippen LogP contribution is -2.43. The third-order valence-electron chi connectivity index (χ3n) is 5.06. The first-order chi connectivity index (χ1) is 13.1. The number of hydrogen-bond acceptors (Lipinski definition) is 3. The summed E-state index contributed by atoms with van der Waals surface area (Å²) < 4.78 is 41.6. The normalized spacial score (nSPS) is 28.3. The zero-order valence-corrected chi connectivity index (χ0v) is 17.2. The minimum Gasteiger partial charge on any atom is -0.382 e. The number of aliphatic hydroxyl groups excluding tert-OH is 1. The highest BCUT2D eigenvalue weighted by Crippen LogP contribution is 2.51. The number of rotatable bonds is 6. The molecule has 152 valence electrons. The summed E-state index contributed by atoms with van der Waals surface area (Å²) in [5.41, 5.74) is -0.161. The standard InChI is InChI=1S/C19H20F3IN2O3/c1-2-9-18(20,21)16(27)12-6-4-7-13-15(12)19(22,23)17(28)25(13)10-11-5-3-8-14(26)24-11/h3-8,13,15-16,27H,2,9-10H2,1H3,(H,24,26). The number of nitrogens with one attached hydrogen (secondary N) is 1. The molecule has 1 saturated heterocycles. The molecule has 1 aliphatic carbocycles. The molecule has 1 aromatic rings. The van der Waals surface area contributed by atoms with Gasteiger partial charge in [-0.2, -0.15) is 0 Å². The van der Waals surface area contributed by atoms with Gasteiger partial charge in [0.2, 0.25) is 9.23 Å². The topological polar surface area (TPSA) is 73.4 Å².